The number of primary amides is 1. The molecule has 1 heterocycles. The predicted octanol–water partition coefficient (Wildman–Crippen LogP) is 3.57. The number of oxazole rings is 1. The van der Waals surface area contributed by atoms with E-state index < -0.39 is 57.4 Å². The number of rotatable bonds is 8. The average molecular weight is 559 g/mol. The zero-order chi connectivity index (χ0) is 25.2. The molecule has 1 aromatic heterocycles. The first-order valence-corrected chi connectivity index (χ1v) is 12.1. The van der Waals surface area contributed by atoms with Gasteiger partial charge in [0.15, 0.2) is 26.1 Å². The van der Waals surface area contributed by atoms with E-state index in [2.05, 4.69) is 20.9 Å². The van der Waals surface area contributed by atoms with Gasteiger partial charge in [-0.15, -0.1) is 0 Å². The summed E-state index contributed by atoms with van der Waals surface area (Å²) in [5.41, 5.74) is 4.76. The van der Waals surface area contributed by atoms with E-state index in [1.165, 1.54) is 24.3 Å². The number of benzene rings is 2. The van der Waals surface area contributed by atoms with Gasteiger partial charge in [-0.05, 0) is 40.2 Å². The number of carbonyl (C=O) groups is 2. The first-order valence-electron chi connectivity index (χ1n) is 9.43. The molecular weight excluding hydrogens is 542 g/mol. The number of ether oxygens (including phenoxy) is 2. The molecular formula is C21H17BrF2N2O7S. The van der Waals surface area contributed by atoms with Crippen molar-refractivity contribution in [3.8, 4) is 17.0 Å². The highest BCUT2D eigenvalue weighted by molar-refractivity contribution is 9.10. The number of nitrogens with two attached hydrogens (primary N) is 1. The maximum Gasteiger partial charge on any atom is 0.302 e. The third-order valence-corrected chi connectivity index (χ3v) is 6.11. The lowest BCUT2D eigenvalue weighted by Crippen LogP contribution is -2.20. The van der Waals surface area contributed by atoms with Crippen LogP contribution in [-0.2, 0) is 19.4 Å². The summed E-state index contributed by atoms with van der Waals surface area (Å²) in [5.74, 6) is -5.24. The Labute approximate surface area is 200 Å². The Balaban J connectivity index is 1.99. The van der Waals surface area contributed by atoms with Crippen molar-refractivity contribution >= 4 is 37.6 Å². The van der Waals surface area contributed by atoms with E-state index in [1.54, 1.807) is 0 Å². The van der Waals surface area contributed by atoms with Gasteiger partial charge in [-0.2, -0.15) is 0 Å². The molecule has 0 spiro atoms. The van der Waals surface area contributed by atoms with Gasteiger partial charge in [0.2, 0.25) is 12.0 Å². The Morgan fingerprint density at radius 2 is 1.82 bits per heavy atom. The largest absolute Gasteiger partial charge is 0.474 e. The van der Waals surface area contributed by atoms with Gasteiger partial charge in [-0.25, -0.2) is 22.2 Å². The quantitative estimate of drug-likeness (QED) is 0.414. The summed E-state index contributed by atoms with van der Waals surface area (Å²) in [6.45, 7) is 0.679. The molecule has 0 aliphatic heterocycles. The fraction of sp³-hybridized carbons (Fsp3) is 0.190. The number of amides is 1. The molecule has 0 aliphatic rings. The molecule has 0 saturated carbocycles. The van der Waals surface area contributed by atoms with Gasteiger partial charge < -0.3 is 19.6 Å². The number of hydrogen-bond donors (Lipinski definition) is 1. The Morgan fingerprint density at radius 1 is 1.18 bits per heavy atom. The molecule has 13 heteroatoms. The van der Waals surface area contributed by atoms with Crippen LogP contribution in [0.4, 0.5) is 8.78 Å². The maximum absolute atomic E-state index is 14.7. The van der Waals surface area contributed by atoms with Crippen LogP contribution >= 0.6 is 15.9 Å². The van der Waals surface area contributed by atoms with Gasteiger partial charge in [0, 0.05) is 18.7 Å². The summed E-state index contributed by atoms with van der Waals surface area (Å²) in [5, 5.41) is 0. The molecule has 34 heavy (non-hydrogen) atoms. The number of esters is 1. The Bertz CT molecular complexity index is 1360. The zero-order valence-electron chi connectivity index (χ0n) is 17.7. The van der Waals surface area contributed by atoms with Crippen molar-refractivity contribution in [3.63, 3.8) is 0 Å². The van der Waals surface area contributed by atoms with E-state index in [1.807, 2.05) is 0 Å². The van der Waals surface area contributed by atoms with Gasteiger partial charge in [0.05, 0.1) is 4.90 Å². The summed E-state index contributed by atoms with van der Waals surface area (Å²) >= 11 is 3.20. The van der Waals surface area contributed by atoms with Crippen molar-refractivity contribution in [1.29, 1.82) is 0 Å². The number of nitrogens with zero attached hydrogens (tertiary/aromatic N) is 1. The molecule has 0 fully saturated rings. The fourth-order valence-corrected chi connectivity index (χ4v) is 3.96. The van der Waals surface area contributed by atoms with Gasteiger partial charge >= 0.3 is 5.97 Å². The zero-order valence-corrected chi connectivity index (χ0v) is 20.1. The van der Waals surface area contributed by atoms with Crippen molar-refractivity contribution in [2.45, 2.75) is 17.9 Å². The van der Waals surface area contributed by atoms with Crippen LogP contribution in [0.15, 0.2) is 50.4 Å². The topological polar surface area (TPSA) is 139 Å². The fourth-order valence-electron chi connectivity index (χ4n) is 2.85. The van der Waals surface area contributed by atoms with Crippen LogP contribution in [0.25, 0.3) is 11.3 Å². The molecule has 3 rings (SSSR count). The Morgan fingerprint density at radius 3 is 2.38 bits per heavy atom. The third kappa shape index (κ3) is 5.59. The van der Waals surface area contributed by atoms with Gasteiger partial charge in [0.1, 0.15) is 23.7 Å². The number of carbonyl (C=O) groups excluding carboxylic acids is 2. The smallest absolute Gasteiger partial charge is 0.302 e. The summed E-state index contributed by atoms with van der Waals surface area (Å²) in [4.78, 5) is 27.1. The summed E-state index contributed by atoms with van der Waals surface area (Å²) in [6, 6.07) is 7.50. The molecule has 9 nitrogen and oxygen atoms in total. The molecule has 2 aromatic carbocycles. The molecule has 2 N–H and O–H groups in total. The number of aromatic nitrogens is 1. The number of hydrogen-bond acceptors (Lipinski definition) is 8. The van der Waals surface area contributed by atoms with Crippen LogP contribution in [0, 0.1) is 11.6 Å². The van der Waals surface area contributed by atoms with Gasteiger partial charge in [-0.3, -0.25) is 9.59 Å². The van der Waals surface area contributed by atoms with E-state index in [0.717, 1.165) is 25.3 Å². The molecule has 1 amide bonds. The summed E-state index contributed by atoms with van der Waals surface area (Å²) in [7, 11) is -3.41. The van der Waals surface area contributed by atoms with Gasteiger partial charge in [0.25, 0.3) is 5.91 Å². The van der Waals surface area contributed by atoms with Gasteiger partial charge in [-0.1, -0.05) is 12.1 Å². The monoisotopic (exact) mass is 558 g/mol. The minimum Gasteiger partial charge on any atom is -0.474 e. The molecule has 1 unspecified atom stereocenters. The van der Waals surface area contributed by atoms with Crippen molar-refractivity contribution in [2.75, 3.05) is 12.9 Å². The van der Waals surface area contributed by atoms with E-state index >= 15 is 0 Å². The third-order valence-electron chi connectivity index (χ3n) is 4.44. The minimum atomic E-state index is -3.41. The Hall–Kier alpha value is -3.32. The van der Waals surface area contributed by atoms with E-state index in [4.69, 9.17) is 19.6 Å². The maximum atomic E-state index is 14.7. The van der Waals surface area contributed by atoms with Crippen LogP contribution in [0.3, 0.4) is 0 Å². The lowest BCUT2D eigenvalue weighted by Gasteiger charge is -2.17. The van der Waals surface area contributed by atoms with Crippen LogP contribution in [0.2, 0.25) is 0 Å². The normalized spacial score (nSPS) is 12.3. The van der Waals surface area contributed by atoms with Crippen LogP contribution in [0.5, 0.6) is 5.75 Å². The summed E-state index contributed by atoms with van der Waals surface area (Å²) < 4.78 is 67.9. The molecule has 3 aromatic rings. The highest BCUT2D eigenvalue weighted by Gasteiger charge is 2.27. The molecule has 0 aliphatic carbocycles. The molecule has 180 valence electrons. The number of sulfone groups is 1. The highest BCUT2D eigenvalue weighted by atomic mass is 79.9. The minimum absolute atomic E-state index is 0.101. The van der Waals surface area contributed by atoms with Crippen molar-refractivity contribution < 1.29 is 40.7 Å². The van der Waals surface area contributed by atoms with E-state index in [0.29, 0.717) is 5.56 Å². The van der Waals surface area contributed by atoms with Crippen molar-refractivity contribution in [1.82, 2.24) is 4.98 Å². The van der Waals surface area contributed by atoms with Crippen LogP contribution in [0.1, 0.15) is 29.3 Å². The van der Waals surface area contributed by atoms with Crippen molar-refractivity contribution in [2.24, 2.45) is 5.73 Å². The molecule has 0 saturated heterocycles. The lowest BCUT2D eigenvalue weighted by atomic mass is 10.1. The standard InChI is InChI=1S/C21H17BrF2N2O7S/c1-10(27)31-9-15(32-14-8-7-13(23)16(17(14)24)20(25)28)21-26-18(19(22)33-21)11-3-5-12(6-4-11)34(2,29)30/h3-8,15H,9H2,1-2H3,(H2,25,28). The van der Waals surface area contributed by atoms with Crippen LogP contribution in [-0.4, -0.2) is 38.1 Å². The van der Waals surface area contributed by atoms with E-state index in [-0.39, 0.29) is 21.1 Å². The average Bonchev–Trinajstić information content (AvgIpc) is 3.13. The molecule has 0 radical (unpaired) electrons. The van der Waals surface area contributed by atoms with Crippen LogP contribution < -0.4 is 10.5 Å². The second-order valence-corrected chi connectivity index (χ2v) is 9.71. The summed E-state index contributed by atoms with van der Waals surface area (Å²) in [6.07, 6.45) is -0.230. The number of halogens is 3. The lowest BCUT2D eigenvalue weighted by molar-refractivity contribution is -0.143. The molecule has 0 bridgehead atoms. The predicted molar refractivity (Wildman–Crippen MR) is 118 cm³/mol. The highest BCUT2D eigenvalue weighted by Crippen LogP contribution is 2.34. The first-order chi connectivity index (χ1) is 15.9. The second kappa shape index (κ2) is 9.89. The van der Waals surface area contributed by atoms with Crippen molar-refractivity contribution in [3.05, 3.63) is 64.2 Å². The second-order valence-electron chi connectivity index (χ2n) is 6.98. The molecule has 1 atom stereocenters. The van der Waals surface area contributed by atoms with E-state index in [9.17, 15) is 26.8 Å². The Kier molecular flexibility index (Phi) is 7.36. The first kappa shape index (κ1) is 25.3. The SMILES string of the molecule is CC(=O)OCC(Oc1ccc(F)c(C(N)=O)c1F)c1nc(-c2ccc(S(C)(=O)=O)cc2)c(Br)o1.